The number of oxime groups is 1. The Labute approximate surface area is 93.1 Å². The van der Waals surface area contributed by atoms with E-state index >= 15 is 0 Å². The normalized spacial score (nSPS) is 42.3. The van der Waals surface area contributed by atoms with Crippen molar-refractivity contribution in [2.45, 2.75) is 44.2 Å². The zero-order valence-corrected chi connectivity index (χ0v) is 9.41. The second-order valence-corrected chi connectivity index (χ2v) is 4.25. The largest absolute Gasteiger partial charge is 0.409 e. The molecule has 7 nitrogen and oxygen atoms in total. The Balaban J connectivity index is 2.20. The van der Waals surface area contributed by atoms with Gasteiger partial charge in [-0.15, -0.1) is 0 Å². The number of hydrogen-bond donors (Lipinski definition) is 2. The lowest BCUT2D eigenvalue weighted by Gasteiger charge is -2.22. The number of hydrogen-bond acceptors (Lipinski definition) is 6. The lowest BCUT2D eigenvalue weighted by atomic mass is 10.1. The van der Waals surface area contributed by atoms with Crippen LogP contribution in [0, 0.1) is 0 Å². The van der Waals surface area contributed by atoms with Crippen LogP contribution in [0.15, 0.2) is 5.16 Å². The molecule has 0 aromatic heterocycles. The van der Waals surface area contributed by atoms with Crippen molar-refractivity contribution in [2.75, 3.05) is 7.11 Å². The summed E-state index contributed by atoms with van der Waals surface area (Å²) in [6.07, 6.45) is -2.01. The molecule has 4 atom stereocenters. The van der Waals surface area contributed by atoms with E-state index in [0.29, 0.717) is 0 Å². The van der Waals surface area contributed by atoms with Crippen molar-refractivity contribution in [1.82, 2.24) is 0 Å². The Morgan fingerprint density at radius 3 is 2.56 bits per heavy atom. The smallest absolute Gasteiger partial charge is 0.187 e. The van der Waals surface area contributed by atoms with Crippen LogP contribution < -0.4 is 5.73 Å². The molecule has 92 valence electrons. The van der Waals surface area contributed by atoms with Gasteiger partial charge >= 0.3 is 0 Å². The summed E-state index contributed by atoms with van der Waals surface area (Å²) in [5.74, 6) is -0.764. The van der Waals surface area contributed by atoms with Crippen molar-refractivity contribution in [3.8, 4) is 0 Å². The molecule has 16 heavy (non-hydrogen) atoms. The van der Waals surface area contributed by atoms with Gasteiger partial charge in [0, 0.05) is 7.11 Å². The number of fused-ring (bicyclic) bond motifs is 1. The Hall–Kier alpha value is -0.890. The SMILES string of the molecule is CO[C@@H]1O[C@H](C(N)=NO)[C@H]2OC(C)(C)O[C@H]12. The van der Waals surface area contributed by atoms with Crippen molar-refractivity contribution in [1.29, 1.82) is 0 Å². The average Bonchev–Trinajstić information content (AvgIpc) is 2.69. The van der Waals surface area contributed by atoms with Crippen LogP contribution in [-0.2, 0) is 18.9 Å². The van der Waals surface area contributed by atoms with E-state index in [1.165, 1.54) is 7.11 Å². The molecule has 0 aliphatic carbocycles. The van der Waals surface area contributed by atoms with Crippen molar-refractivity contribution in [2.24, 2.45) is 10.9 Å². The number of nitrogens with zero attached hydrogens (tertiary/aromatic N) is 1. The summed E-state index contributed by atoms with van der Waals surface area (Å²) in [7, 11) is 1.51. The fraction of sp³-hybridized carbons (Fsp3) is 0.889. The third kappa shape index (κ3) is 1.75. The molecule has 0 amide bonds. The van der Waals surface area contributed by atoms with Crippen LogP contribution in [0.2, 0.25) is 0 Å². The van der Waals surface area contributed by atoms with E-state index in [9.17, 15) is 0 Å². The fourth-order valence-electron chi connectivity index (χ4n) is 2.05. The van der Waals surface area contributed by atoms with E-state index in [2.05, 4.69) is 5.16 Å². The van der Waals surface area contributed by atoms with Gasteiger partial charge in [-0.05, 0) is 13.8 Å². The van der Waals surface area contributed by atoms with Gasteiger partial charge in [-0.3, -0.25) is 0 Å². The van der Waals surface area contributed by atoms with Gasteiger partial charge < -0.3 is 29.9 Å². The third-order valence-electron chi connectivity index (χ3n) is 2.65. The Morgan fingerprint density at radius 1 is 1.38 bits per heavy atom. The van der Waals surface area contributed by atoms with Crippen molar-refractivity contribution < 1.29 is 24.2 Å². The maximum atomic E-state index is 8.65. The first-order chi connectivity index (χ1) is 7.48. The lowest BCUT2D eigenvalue weighted by Crippen LogP contribution is -2.40. The molecule has 2 heterocycles. The van der Waals surface area contributed by atoms with Crippen LogP contribution in [0.3, 0.4) is 0 Å². The second kappa shape index (κ2) is 3.85. The summed E-state index contributed by atoms with van der Waals surface area (Å²) >= 11 is 0. The molecule has 2 aliphatic heterocycles. The van der Waals surface area contributed by atoms with E-state index in [-0.39, 0.29) is 11.9 Å². The highest BCUT2D eigenvalue weighted by Crippen LogP contribution is 2.38. The number of methoxy groups -OCH3 is 1. The molecule has 0 bridgehead atoms. The molecule has 0 unspecified atom stereocenters. The highest BCUT2D eigenvalue weighted by atomic mass is 16.8. The van der Waals surface area contributed by atoms with Gasteiger partial charge in [-0.25, -0.2) is 0 Å². The Morgan fingerprint density at radius 2 is 2.00 bits per heavy atom. The van der Waals surface area contributed by atoms with Crippen LogP contribution >= 0.6 is 0 Å². The molecular formula is C9H16N2O5. The fourth-order valence-corrected chi connectivity index (χ4v) is 2.05. The van der Waals surface area contributed by atoms with Crippen LogP contribution in [-0.4, -0.2) is 48.5 Å². The van der Waals surface area contributed by atoms with Gasteiger partial charge in [-0.2, -0.15) is 0 Å². The first kappa shape index (κ1) is 11.6. The van der Waals surface area contributed by atoms with E-state index in [0.717, 1.165) is 0 Å². The standard InChI is InChI=1S/C9H16N2O5/c1-9(2)15-4-5(7(10)11-12)14-8(13-3)6(4)16-9/h4-6,8,12H,1-3H3,(H2,10,11)/t4-,5+,6+,8-/m1/s1. The van der Waals surface area contributed by atoms with E-state index < -0.39 is 24.3 Å². The minimum atomic E-state index is -0.718. The molecule has 7 heteroatoms. The molecule has 0 saturated carbocycles. The quantitative estimate of drug-likeness (QED) is 0.292. The molecule has 2 fully saturated rings. The molecule has 0 aromatic rings. The van der Waals surface area contributed by atoms with Crippen LogP contribution in [0.1, 0.15) is 13.8 Å². The maximum Gasteiger partial charge on any atom is 0.187 e. The predicted molar refractivity (Wildman–Crippen MR) is 52.9 cm³/mol. The number of amidine groups is 1. The monoisotopic (exact) mass is 232 g/mol. The summed E-state index contributed by atoms with van der Waals surface area (Å²) in [5.41, 5.74) is 5.52. The van der Waals surface area contributed by atoms with Crippen molar-refractivity contribution in [3.63, 3.8) is 0 Å². The summed E-state index contributed by atoms with van der Waals surface area (Å²) in [5, 5.41) is 11.6. The Bertz CT molecular complexity index is 306. The maximum absolute atomic E-state index is 8.65. The predicted octanol–water partition coefficient (Wildman–Crippen LogP) is -0.376. The summed E-state index contributed by atoms with van der Waals surface area (Å²) in [6, 6.07) is 0. The third-order valence-corrected chi connectivity index (χ3v) is 2.65. The number of nitrogens with two attached hydrogens (primary N) is 1. The number of ether oxygens (including phenoxy) is 4. The summed E-state index contributed by atoms with van der Waals surface area (Å²) in [4.78, 5) is 0. The molecule has 2 aliphatic rings. The first-order valence-corrected chi connectivity index (χ1v) is 5.00. The zero-order valence-electron chi connectivity index (χ0n) is 9.41. The van der Waals surface area contributed by atoms with E-state index in [4.69, 9.17) is 29.9 Å². The van der Waals surface area contributed by atoms with E-state index in [1.54, 1.807) is 13.8 Å². The highest BCUT2D eigenvalue weighted by Gasteiger charge is 2.56. The summed E-state index contributed by atoms with van der Waals surface area (Å²) in [6.45, 7) is 3.59. The van der Waals surface area contributed by atoms with Crippen molar-refractivity contribution >= 4 is 5.84 Å². The van der Waals surface area contributed by atoms with Gasteiger partial charge in [0.15, 0.2) is 24.0 Å². The van der Waals surface area contributed by atoms with Gasteiger partial charge in [0.25, 0.3) is 0 Å². The van der Waals surface area contributed by atoms with Gasteiger partial charge in [0.2, 0.25) is 0 Å². The van der Waals surface area contributed by atoms with Gasteiger partial charge in [0.05, 0.1) is 0 Å². The highest BCUT2D eigenvalue weighted by molar-refractivity contribution is 5.85. The van der Waals surface area contributed by atoms with E-state index in [1.807, 2.05) is 0 Å². The summed E-state index contributed by atoms with van der Waals surface area (Å²) < 4.78 is 21.8. The molecule has 2 rings (SSSR count). The second-order valence-electron chi connectivity index (χ2n) is 4.25. The van der Waals surface area contributed by atoms with Crippen LogP contribution in [0.25, 0.3) is 0 Å². The van der Waals surface area contributed by atoms with Crippen LogP contribution in [0.4, 0.5) is 0 Å². The van der Waals surface area contributed by atoms with Gasteiger partial charge in [-0.1, -0.05) is 5.16 Å². The average molecular weight is 232 g/mol. The molecule has 0 aromatic carbocycles. The molecule has 2 saturated heterocycles. The molecular weight excluding hydrogens is 216 g/mol. The Kier molecular flexibility index (Phi) is 2.79. The minimum Gasteiger partial charge on any atom is -0.409 e. The van der Waals surface area contributed by atoms with Crippen molar-refractivity contribution in [3.05, 3.63) is 0 Å². The minimum absolute atomic E-state index is 0.0455. The van der Waals surface area contributed by atoms with Crippen LogP contribution in [0.5, 0.6) is 0 Å². The zero-order chi connectivity index (χ0) is 11.9. The lowest BCUT2D eigenvalue weighted by molar-refractivity contribution is -0.219. The topological polar surface area (TPSA) is 95.5 Å². The molecule has 0 radical (unpaired) electrons. The number of rotatable bonds is 2. The first-order valence-electron chi connectivity index (χ1n) is 5.00. The van der Waals surface area contributed by atoms with Gasteiger partial charge in [0.1, 0.15) is 12.2 Å². The molecule has 0 spiro atoms. The molecule has 3 N–H and O–H groups in total.